The van der Waals surface area contributed by atoms with Crippen molar-refractivity contribution in [3.63, 3.8) is 0 Å². The molecule has 0 heterocycles. The van der Waals surface area contributed by atoms with Crippen LogP contribution in [0.15, 0.2) is 24.4 Å². The summed E-state index contributed by atoms with van der Waals surface area (Å²) in [5.41, 5.74) is -0.610. The predicted octanol–water partition coefficient (Wildman–Crippen LogP) is 3.83. The standard InChI is InChI=1S/C13H20F2NO2/c1-5-6-8-13(14,15)9-7-10-16-11(17)18-12(2,3)4/h5-8,10H,9H2,1-4H3,(H,16,17). The first kappa shape index (κ1) is 16.6. The van der Waals surface area contributed by atoms with E-state index in [1.807, 2.05) is 0 Å². The van der Waals surface area contributed by atoms with Gasteiger partial charge < -0.3 is 4.74 Å². The molecule has 0 aliphatic rings. The van der Waals surface area contributed by atoms with Crippen LogP contribution in [-0.4, -0.2) is 17.6 Å². The summed E-state index contributed by atoms with van der Waals surface area (Å²) in [4.78, 5) is 11.2. The Morgan fingerprint density at radius 1 is 1.33 bits per heavy atom. The van der Waals surface area contributed by atoms with Gasteiger partial charge >= 0.3 is 6.09 Å². The molecule has 0 aromatic carbocycles. The summed E-state index contributed by atoms with van der Waals surface area (Å²) in [6, 6.07) is 0. The lowest BCUT2D eigenvalue weighted by molar-refractivity contribution is 0.0442. The summed E-state index contributed by atoms with van der Waals surface area (Å²) < 4.78 is 31.1. The average molecular weight is 260 g/mol. The lowest BCUT2D eigenvalue weighted by Crippen LogP contribution is -2.29. The van der Waals surface area contributed by atoms with Crippen LogP contribution in [0.25, 0.3) is 0 Å². The van der Waals surface area contributed by atoms with Crippen molar-refractivity contribution in [2.24, 2.45) is 0 Å². The number of halogens is 2. The minimum Gasteiger partial charge on any atom is -0.444 e. The number of allylic oxidation sites excluding steroid dienone is 3. The molecule has 18 heavy (non-hydrogen) atoms. The number of hydrogen-bond donors (Lipinski definition) is 1. The van der Waals surface area contributed by atoms with E-state index in [4.69, 9.17) is 4.74 Å². The fraction of sp³-hybridized carbons (Fsp3) is 0.538. The van der Waals surface area contributed by atoms with E-state index in [0.29, 0.717) is 0 Å². The molecule has 0 aliphatic carbocycles. The summed E-state index contributed by atoms with van der Waals surface area (Å²) in [6.07, 6.45) is 4.82. The third-order valence-corrected chi connectivity index (χ3v) is 1.64. The van der Waals surface area contributed by atoms with Crippen LogP contribution in [0, 0.1) is 6.42 Å². The fourth-order valence-corrected chi connectivity index (χ4v) is 0.956. The van der Waals surface area contributed by atoms with Gasteiger partial charge in [-0.25, -0.2) is 13.6 Å². The Labute approximate surface area is 107 Å². The maximum absolute atomic E-state index is 13.1. The molecule has 1 radical (unpaired) electrons. The maximum Gasteiger partial charge on any atom is 0.411 e. The second-order valence-electron chi connectivity index (χ2n) is 4.71. The van der Waals surface area contributed by atoms with Crippen LogP contribution in [0.4, 0.5) is 13.6 Å². The Kier molecular flexibility index (Phi) is 6.58. The Morgan fingerprint density at radius 3 is 2.44 bits per heavy atom. The maximum atomic E-state index is 13.1. The molecule has 0 spiro atoms. The van der Waals surface area contributed by atoms with E-state index in [9.17, 15) is 13.6 Å². The lowest BCUT2D eigenvalue weighted by Gasteiger charge is -2.18. The van der Waals surface area contributed by atoms with Crippen LogP contribution in [0.1, 0.15) is 34.1 Å². The minimum atomic E-state index is -2.92. The van der Waals surface area contributed by atoms with Gasteiger partial charge in [-0.3, -0.25) is 5.32 Å². The number of ether oxygens (including phenoxy) is 1. The van der Waals surface area contributed by atoms with Crippen LogP contribution in [0.5, 0.6) is 0 Å². The zero-order valence-electron chi connectivity index (χ0n) is 11.2. The van der Waals surface area contributed by atoms with Gasteiger partial charge in [0, 0.05) is 12.6 Å². The predicted molar refractivity (Wildman–Crippen MR) is 67.2 cm³/mol. The quantitative estimate of drug-likeness (QED) is 0.815. The zero-order chi connectivity index (χ0) is 14.2. The molecule has 0 saturated carbocycles. The van der Waals surface area contributed by atoms with Crippen molar-refractivity contribution in [2.45, 2.75) is 45.6 Å². The van der Waals surface area contributed by atoms with Crippen LogP contribution in [-0.2, 0) is 4.74 Å². The first-order chi connectivity index (χ1) is 8.16. The molecule has 0 atom stereocenters. The molecule has 1 amide bonds. The van der Waals surface area contributed by atoms with Crippen molar-refractivity contribution in [2.75, 3.05) is 0 Å². The van der Waals surface area contributed by atoms with Gasteiger partial charge in [0.15, 0.2) is 0 Å². The van der Waals surface area contributed by atoms with Crippen LogP contribution < -0.4 is 5.32 Å². The van der Waals surface area contributed by atoms with Crippen molar-refractivity contribution < 1.29 is 18.3 Å². The van der Waals surface area contributed by atoms with Crippen LogP contribution in [0.3, 0.4) is 0 Å². The van der Waals surface area contributed by atoms with Crippen molar-refractivity contribution in [3.05, 3.63) is 30.8 Å². The first-order valence-electron chi connectivity index (χ1n) is 5.66. The van der Waals surface area contributed by atoms with Gasteiger partial charge in [0.2, 0.25) is 0 Å². The molecule has 5 heteroatoms. The first-order valence-corrected chi connectivity index (χ1v) is 5.66. The Morgan fingerprint density at radius 2 is 1.94 bits per heavy atom. The Hall–Kier alpha value is -1.39. The van der Waals surface area contributed by atoms with E-state index in [1.54, 1.807) is 27.7 Å². The molecule has 3 nitrogen and oxygen atoms in total. The minimum absolute atomic E-state index is 0.479. The highest BCUT2D eigenvalue weighted by Crippen LogP contribution is 2.22. The number of carbonyl (C=O) groups excluding carboxylic acids is 1. The van der Waals surface area contributed by atoms with E-state index in [1.165, 1.54) is 18.2 Å². The van der Waals surface area contributed by atoms with Gasteiger partial charge in [0.05, 0.1) is 6.42 Å². The highest BCUT2D eigenvalue weighted by Gasteiger charge is 2.25. The molecule has 0 unspecified atom stereocenters. The number of alkyl halides is 2. The molecule has 0 bridgehead atoms. The largest absolute Gasteiger partial charge is 0.444 e. The molecule has 0 saturated heterocycles. The number of rotatable bonds is 5. The smallest absolute Gasteiger partial charge is 0.411 e. The van der Waals surface area contributed by atoms with E-state index < -0.39 is 24.0 Å². The lowest BCUT2D eigenvalue weighted by atomic mass is 10.1. The summed E-state index contributed by atoms with van der Waals surface area (Å²) in [5, 5.41) is 2.26. The van der Waals surface area contributed by atoms with E-state index in [-0.39, 0.29) is 0 Å². The van der Waals surface area contributed by atoms with E-state index in [0.717, 1.165) is 12.6 Å². The van der Waals surface area contributed by atoms with E-state index >= 15 is 0 Å². The molecule has 103 valence electrons. The highest BCUT2D eigenvalue weighted by molar-refractivity contribution is 5.68. The summed E-state index contributed by atoms with van der Waals surface area (Å²) >= 11 is 0. The summed E-state index contributed by atoms with van der Waals surface area (Å²) in [7, 11) is 0. The Bertz CT molecular complexity index is 317. The highest BCUT2D eigenvalue weighted by atomic mass is 19.3. The second-order valence-corrected chi connectivity index (χ2v) is 4.71. The number of nitrogens with one attached hydrogen (secondary N) is 1. The topological polar surface area (TPSA) is 38.3 Å². The molecule has 0 fully saturated rings. The SMILES string of the molecule is CC=C[CH]C(F)(F)CC=CNC(=O)OC(C)(C)C. The fourth-order valence-electron chi connectivity index (χ4n) is 0.956. The third-order valence-electron chi connectivity index (χ3n) is 1.64. The third kappa shape index (κ3) is 9.81. The van der Waals surface area contributed by atoms with Crippen molar-refractivity contribution >= 4 is 6.09 Å². The molecular weight excluding hydrogens is 240 g/mol. The molecule has 0 rings (SSSR count). The van der Waals surface area contributed by atoms with Gasteiger partial charge in [-0.2, -0.15) is 0 Å². The molecule has 0 aliphatic heterocycles. The Balaban J connectivity index is 4.00. The van der Waals surface area contributed by atoms with Gasteiger partial charge in [-0.05, 0) is 27.7 Å². The summed E-state index contributed by atoms with van der Waals surface area (Å²) in [5.74, 6) is -2.92. The number of amides is 1. The van der Waals surface area contributed by atoms with Crippen molar-refractivity contribution in [1.29, 1.82) is 0 Å². The van der Waals surface area contributed by atoms with Crippen molar-refractivity contribution in [1.82, 2.24) is 5.32 Å². The van der Waals surface area contributed by atoms with Crippen LogP contribution in [0.2, 0.25) is 0 Å². The van der Waals surface area contributed by atoms with Gasteiger partial charge in [0.1, 0.15) is 5.60 Å². The van der Waals surface area contributed by atoms with Gasteiger partial charge in [-0.15, -0.1) is 0 Å². The molecule has 0 aromatic heterocycles. The van der Waals surface area contributed by atoms with Crippen molar-refractivity contribution in [3.8, 4) is 0 Å². The monoisotopic (exact) mass is 260 g/mol. The number of alkyl carbamates (subject to hydrolysis) is 1. The molecule has 0 aromatic rings. The van der Waals surface area contributed by atoms with Gasteiger partial charge in [-0.1, -0.05) is 18.2 Å². The van der Waals surface area contributed by atoms with Crippen LogP contribution >= 0.6 is 0 Å². The normalized spacial score (nSPS) is 13.2. The number of hydrogen-bond acceptors (Lipinski definition) is 2. The molecular formula is C13H20F2NO2. The second kappa shape index (κ2) is 7.13. The average Bonchev–Trinajstić information content (AvgIpc) is 2.19. The zero-order valence-corrected chi connectivity index (χ0v) is 11.2. The number of carbonyl (C=O) groups is 1. The van der Waals surface area contributed by atoms with E-state index in [2.05, 4.69) is 5.32 Å². The molecule has 1 N–H and O–H groups in total. The summed E-state index contributed by atoms with van der Waals surface area (Å²) in [6.45, 7) is 6.82. The van der Waals surface area contributed by atoms with Gasteiger partial charge in [0.25, 0.3) is 5.92 Å².